The molecule has 2 aromatic rings. The molecule has 4 nitrogen and oxygen atoms in total. The summed E-state index contributed by atoms with van der Waals surface area (Å²) in [4.78, 5) is 13.2. The fourth-order valence-corrected chi connectivity index (χ4v) is 3.27. The molecule has 19 heavy (non-hydrogen) atoms. The van der Waals surface area contributed by atoms with Crippen LogP contribution in [0.25, 0.3) is 10.6 Å². The first kappa shape index (κ1) is 12.6. The van der Waals surface area contributed by atoms with Gasteiger partial charge in [-0.15, -0.1) is 11.3 Å². The van der Waals surface area contributed by atoms with Crippen LogP contribution in [0, 0.1) is 5.92 Å². The van der Waals surface area contributed by atoms with Gasteiger partial charge in [-0.1, -0.05) is 13.0 Å². The van der Waals surface area contributed by atoms with E-state index < -0.39 is 0 Å². The van der Waals surface area contributed by atoms with Gasteiger partial charge in [-0.2, -0.15) is 5.10 Å². The smallest absolute Gasteiger partial charge is 0.267 e. The van der Waals surface area contributed by atoms with Gasteiger partial charge in [0.15, 0.2) is 0 Å². The summed E-state index contributed by atoms with van der Waals surface area (Å²) in [6.45, 7) is 4.07. The van der Waals surface area contributed by atoms with Gasteiger partial charge in [-0.25, -0.2) is 4.68 Å². The van der Waals surface area contributed by atoms with Crippen LogP contribution in [0.5, 0.6) is 0 Å². The van der Waals surface area contributed by atoms with E-state index in [2.05, 4.69) is 17.3 Å². The number of nitrogens with zero attached hydrogens (tertiary/aromatic N) is 2. The monoisotopic (exact) mass is 275 g/mol. The Hall–Kier alpha value is -1.46. The molecule has 1 N–H and O–H groups in total. The topological polar surface area (TPSA) is 46.9 Å². The maximum atomic E-state index is 12.1. The highest BCUT2D eigenvalue weighted by Crippen LogP contribution is 2.25. The van der Waals surface area contributed by atoms with Crippen molar-refractivity contribution in [2.45, 2.75) is 19.4 Å². The lowest BCUT2D eigenvalue weighted by Gasteiger charge is -2.30. The van der Waals surface area contributed by atoms with Crippen molar-refractivity contribution in [3.8, 4) is 10.6 Å². The Morgan fingerprint density at radius 2 is 2.32 bits per heavy atom. The minimum Gasteiger partial charge on any atom is -0.316 e. The number of piperidine rings is 1. The van der Waals surface area contributed by atoms with Crippen LogP contribution < -0.4 is 10.9 Å². The molecular formula is C14H17N3OS. The fourth-order valence-electron chi connectivity index (χ4n) is 2.58. The van der Waals surface area contributed by atoms with Crippen LogP contribution in [-0.4, -0.2) is 22.9 Å². The lowest BCUT2D eigenvalue weighted by molar-refractivity contribution is 0.248. The molecule has 0 bridgehead atoms. The van der Waals surface area contributed by atoms with E-state index in [0.717, 1.165) is 30.1 Å². The Balaban J connectivity index is 2.00. The zero-order valence-corrected chi connectivity index (χ0v) is 11.7. The second kappa shape index (κ2) is 5.27. The zero-order valence-electron chi connectivity index (χ0n) is 10.9. The highest BCUT2D eigenvalue weighted by atomic mass is 32.1. The van der Waals surface area contributed by atoms with Crippen LogP contribution >= 0.6 is 11.3 Å². The molecule has 0 unspecified atom stereocenters. The van der Waals surface area contributed by atoms with Crippen molar-refractivity contribution in [1.29, 1.82) is 0 Å². The van der Waals surface area contributed by atoms with Crippen molar-refractivity contribution in [2.24, 2.45) is 5.92 Å². The molecule has 1 saturated heterocycles. The van der Waals surface area contributed by atoms with Crippen molar-refractivity contribution >= 4 is 11.3 Å². The van der Waals surface area contributed by atoms with Gasteiger partial charge in [-0.05, 0) is 42.9 Å². The van der Waals surface area contributed by atoms with Gasteiger partial charge < -0.3 is 5.32 Å². The molecule has 1 aliphatic heterocycles. The number of hydrogen-bond acceptors (Lipinski definition) is 4. The second-order valence-corrected chi connectivity index (χ2v) is 5.96. The minimum absolute atomic E-state index is 0.000874. The molecule has 0 aromatic carbocycles. The molecule has 5 heteroatoms. The SMILES string of the molecule is C[C@@H]1CNCC[C@H]1n1nc(-c2cccs2)ccc1=O. The predicted octanol–water partition coefficient (Wildman–Crippen LogP) is 2.14. The van der Waals surface area contributed by atoms with E-state index in [-0.39, 0.29) is 11.6 Å². The van der Waals surface area contributed by atoms with E-state index in [1.807, 2.05) is 23.6 Å². The molecule has 1 fully saturated rings. The third kappa shape index (κ3) is 2.48. The third-order valence-electron chi connectivity index (χ3n) is 3.65. The molecule has 0 amide bonds. The highest BCUT2D eigenvalue weighted by molar-refractivity contribution is 7.13. The van der Waals surface area contributed by atoms with Crippen molar-refractivity contribution in [3.63, 3.8) is 0 Å². The lowest BCUT2D eigenvalue weighted by atomic mass is 9.95. The Morgan fingerprint density at radius 1 is 1.42 bits per heavy atom. The number of rotatable bonds is 2. The van der Waals surface area contributed by atoms with E-state index in [1.165, 1.54) is 0 Å². The molecule has 0 aliphatic carbocycles. The normalized spacial score (nSPS) is 23.4. The Kier molecular flexibility index (Phi) is 3.48. The standard InChI is InChI=1S/C14H17N3OS/c1-10-9-15-7-6-12(10)17-14(18)5-4-11(16-17)13-3-2-8-19-13/h2-5,8,10,12,15H,6-7,9H2,1H3/t10-,12-/m1/s1. The summed E-state index contributed by atoms with van der Waals surface area (Å²) in [5, 5.41) is 9.96. The molecule has 1 aliphatic rings. The van der Waals surface area contributed by atoms with E-state index >= 15 is 0 Å². The van der Waals surface area contributed by atoms with Gasteiger partial charge >= 0.3 is 0 Å². The largest absolute Gasteiger partial charge is 0.316 e. The Bertz CT molecular complexity index is 605. The van der Waals surface area contributed by atoms with Gasteiger partial charge in [-0.3, -0.25) is 4.79 Å². The van der Waals surface area contributed by atoms with Gasteiger partial charge in [0.25, 0.3) is 5.56 Å². The van der Waals surface area contributed by atoms with Crippen LogP contribution in [0.3, 0.4) is 0 Å². The van der Waals surface area contributed by atoms with Crippen molar-refractivity contribution < 1.29 is 0 Å². The molecular weight excluding hydrogens is 258 g/mol. The van der Waals surface area contributed by atoms with Crippen LogP contribution in [0.15, 0.2) is 34.4 Å². The van der Waals surface area contributed by atoms with Crippen LogP contribution in [0.1, 0.15) is 19.4 Å². The lowest BCUT2D eigenvalue weighted by Crippen LogP contribution is -2.40. The molecule has 2 atom stereocenters. The molecule has 0 radical (unpaired) electrons. The third-order valence-corrected chi connectivity index (χ3v) is 4.55. The van der Waals surface area contributed by atoms with E-state index in [0.29, 0.717) is 5.92 Å². The average molecular weight is 275 g/mol. The van der Waals surface area contributed by atoms with E-state index in [4.69, 9.17) is 0 Å². The van der Waals surface area contributed by atoms with Gasteiger partial charge in [0, 0.05) is 6.07 Å². The summed E-state index contributed by atoms with van der Waals surface area (Å²) in [7, 11) is 0. The van der Waals surface area contributed by atoms with Gasteiger partial charge in [0.1, 0.15) is 5.69 Å². The van der Waals surface area contributed by atoms with Crippen LogP contribution in [0.2, 0.25) is 0 Å². The number of nitrogens with one attached hydrogen (secondary N) is 1. The van der Waals surface area contributed by atoms with E-state index in [9.17, 15) is 4.79 Å². The molecule has 100 valence electrons. The molecule has 3 heterocycles. The second-order valence-electron chi connectivity index (χ2n) is 5.02. The van der Waals surface area contributed by atoms with Crippen molar-refractivity contribution in [3.05, 3.63) is 40.0 Å². The van der Waals surface area contributed by atoms with Gasteiger partial charge in [0.05, 0.1) is 10.9 Å². The Morgan fingerprint density at radius 3 is 3.05 bits per heavy atom. The first-order valence-electron chi connectivity index (χ1n) is 6.60. The fraction of sp³-hybridized carbons (Fsp3) is 0.429. The van der Waals surface area contributed by atoms with Crippen molar-refractivity contribution in [2.75, 3.05) is 13.1 Å². The maximum Gasteiger partial charge on any atom is 0.267 e. The van der Waals surface area contributed by atoms with Gasteiger partial charge in [0.2, 0.25) is 0 Å². The number of thiophene rings is 1. The highest BCUT2D eigenvalue weighted by Gasteiger charge is 2.24. The Labute approximate surface area is 116 Å². The first-order chi connectivity index (χ1) is 9.25. The molecule has 2 aromatic heterocycles. The first-order valence-corrected chi connectivity index (χ1v) is 7.48. The summed E-state index contributed by atoms with van der Waals surface area (Å²) < 4.78 is 1.68. The number of aromatic nitrogens is 2. The predicted molar refractivity (Wildman–Crippen MR) is 77.5 cm³/mol. The van der Waals surface area contributed by atoms with Crippen molar-refractivity contribution in [1.82, 2.24) is 15.1 Å². The quantitative estimate of drug-likeness (QED) is 0.913. The molecule has 3 rings (SSSR count). The summed E-state index contributed by atoms with van der Waals surface area (Å²) in [5.74, 6) is 0.428. The summed E-state index contributed by atoms with van der Waals surface area (Å²) in [6, 6.07) is 7.69. The average Bonchev–Trinajstić information content (AvgIpc) is 2.94. The van der Waals surface area contributed by atoms with Crippen LogP contribution in [0.4, 0.5) is 0 Å². The maximum absolute atomic E-state index is 12.1. The zero-order chi connectivity index (χ0) is 13.2. The summed E-state index contributed by atoms with van der Waals surface area (Å²) >= 11 is 1.65. The van der Waals surface area contributed by atoms with Crippen LogP contribution in [-0.2, 0) is 0 Å². The summed E-state index contributed by atoms with van der Waals surface area (Å²) in [5.41, 5.74) is 0.888. The van der Waals surface area contributed by atoms with E-state index in [1.54, 1.807) is 22.1 Å². The summed E-state index contributed by atoms with van der Waals surface area (Å²) in [6.07, 6.45) is 0.960. The number of hydrogen-bond donors (Lipinski definition) is 1. The minimum atomic E-state index is -0.000874. The molecule has 0 saturated carbocycles. The molecule has 0 spiro atoms.